The van der Waals surface area contributed by atoms with Gasteiger partial charge in [-0.25, -0.2) is 9.18 Å². The summed E-state index contributed by atoms with van der Waals surface area (Å²) in [7, 11) is 0. The highest BCUT2D eigenvalue weighted by Crippen LogP contribution is 2.34. The maximum atomic E-state index is 13.0. The third-order valence-electron chi connectivity index (χ3n) is 4.25. The molecule has 0 bridgehead atoms. The second-order valence-corrected chi connectivity index (χ2v) is 5.79. The quantitative estimate of drug-likeness (QED) is 0.912. The molecule has 24 heavy (non-hydrogen) atoms. The number of allylic oxidation sites excluding steroid dienone is 2. The topological polar surface area (TPSA) is 40.5 Å². The molecular weight excluding hydrogens is 305 g/mol. The zero-order valence-corrected chi connectivity index (χ0v) is 13.3. The minimum atomic E-state index is -0.921. The van der Waals surface area contributed by atoms with Crippen LogP contribution >= 0.6 is 0 Å². The lowest BCUT2D eigenvalue weighted by Gasteiger charge is -2.30. The third kappa shape index (κ3) is 3.23. The van der Waals surface area contributed by atoms with Crippen LogP contribution in [-0.4, -0.2) is 16.0 Å². The lowest BCUT2D eigenvalue weighted by atomic mass is 9.87. The van der Waals surface area contributed by atoms with Crippen molar-refractivity contribution in [3.05, 3.63) is 95.1 Å². The van der Waals surface area contributed by atoms with E-state index in [9.17, 15) is 14.3 Å². The molecule has 1 unspecified atom stereocenters. The summed E-state index contributed by atoms with van der Waals surface area (Å²) in [6.45, 7) is 2.31. The van der Waals surface area contributed by atoms with Gasteiger partial charge in [0.15, 0.2) is 0 Å². The second-order valence-electron chi connectivity index (χ2n) is 5.79. The fourth-order valence-corrected chi connectivity index (χ4v) is 2.96. The zero-order chi connectivity index (χ0) is 17.1. The molecule has 2 aromatic carbocycles. The normalized spacial score (nSPS) is 17.2. The van der Waals surface area contributed by atoms with Gasteiger partial charge < -0.3 is 10.0 Å². The van der Waals surface area contributed by atoms with E-state index in [0.29, 0.717) is 17.8 Å². The highest BCUT2D eigenvalue weighted by atomic mass is 19.1. The average molecular weight is 323 g/mol. The first-order valence-corrected chi connectivity index (χ1v) is 7.74. The van der Waals surface area contributed by atoms with Crippen LogP contribution < -0.4 is 0 Å². The monoisotopic (exact) mass is 323 g/mol. The van der Waals surface area contributed by atoms with Gasteiger partial charge in [-0.1, -0.05) is 48.5 Å². The molecule has 0 fully saturated rings. The number of hydrogen-bond donors (Lipinski definition) is 1. The lowest BCUT2D eigenvalue weighted by molar-refractivity contribution is -0.133. The van der Waals surface area contributed by atoms with E-state index in [2.05, 4.69) is 0 Å². The first-order chi connectivity index (χ1) is 11.6. The summed E-state index contributed by atoms with van der Waals surface area (Å²) in [6.07, 6.45) is 3.80. The summed E-state index contributed by atoms with van der Waals surface area (Å²) in [5, 5.41) is 9.69. The maximum absolute atomic E-state index is 13.0. The molecule has 1 heterocycles. The summed E-state index contributed by atoms with van der Waals surface area (Å²) in [6, 6.07) is 15.8. The molecule has 0 aromatic heterocycles. The number of aliphatic carboxylic acids is 1. The van der Waals surface area contributed by atoms with E-state index in [0.717, 1.165) is 11.1 Å². The van der Waals surface area contributed by atoms with Crippen molar-refractivity contribution in [3.63, 3.8) is 0 Å². The predicted molar refractivity (Wildman–Crippen MR) is 90.6 cm³/mol. The first kappa shape index (κ1) is 16.0. The molecule has 1 aliphatic heterocycles. The molecule has 0 spiro atoms. The van der Waals surface area contributed by atoms with Crippen LogP contribution in [0, 0.1) is 5.82 Å². The number of halogens is 1. The van der Waals surface area contributed by atoms with Crippen LogP contribution in [0.15, 0.2) is 78.1 Å². The van der Waals surface area contributed by atoms with E-state index >= 15 is 0 Å². The number of rotatable bonds is 4. The van der Waals surface area contributed by atoms with Gasteiger partial charge in [-0.15, -0.1) is 0 Å². The molecule has 0 aliphatic carbocycles. The Morgan fingerprint density at radius 1 is 1.12 bits per heavy atom. The molecular formula is C20H18FNO2. The molecule has 4 heteroatoms. The van der Waals surface area contributed by atoms with Crippen LogP contribution in [-0.2, 0) is 11.3 Å². The summed E-state index contributed by atoms with van der Waals surface area (Å²) < 4.78 is 13.0. The SMILES string of the molecule is CC1=C(C(=O)O)C(c2ccccc2)C=CN1Cc1ccc(F)cc1. The fourth-order valence-electron chi connectivity index (χ4n) is 2.96. The Kier molecular flexibility index (Phi) is 4.47. The summed E-state index contributed by atoms with van der Waals surface area (Å²) in [5.74, 6) is -1.47. The number of carboxylic acid groups (broad SMARTS) is 1. The van der Waals surface area contributed by atoms with Gasteiger partial charge in [-0.3, -0.25) is 0 Å². The molecule has 0 amide bonds. The van der Waals surface area contributed by atoms with E-state index in [1.54, 1.807) is 12.1 Å². The van der Waals surface area contributed by atoms with Crippen molar-refractivity contribution >= 4 is 5.97 Å². The number of benzene rings is 2. The molecule has 3 nitrogen and oxygen atoms in total. The fraction of sp³-hybridized carbons (Fsp3) is 0.150. The Hall–Kier alpha value is -2.88. The summed E-state index contributed by atoms with van der Waals surface area (Å²) in [5.41, 5.74) is 2.93. The van der Waals surface area contributed by atoms with Crippen molar-refractivity contribution in [2.75, 3.05) is 0 Å². The highest BCUT2D eigenvalue weighted by molar-refractivity contribution is 5.90. The average Bonchev–Trinajstić information content (AvgIpc) is 2.59. The standard InChI is InChI=1S/C20H18FNO2/c1-14-19(20(23)24)18(16-5-3-2-4-6-16)11-12-22(14)13-15-7-9-17(21)10-8-15/h2-12,18H,13H2,1H3,(H,23,24). The second kappa shape index (κ2) is 6.71. The molecule has 0 saturated heterocycles. The van der Waals surface area contributed by atoms with E-state index in [1.807, 2.05) is 54.4 Å². The first-order valence-electron chi connectivity index (χ1n) is 7.74. The maximum Gasteiger partial charge on any atom is 0.334 e. The Labute approximate surface area is 140 Å². The molecule has 122 valence electrons. The Morgan fingerprint density at radius 2 is 1.79 bits per heavy atom. The van der Waals surface area contributed by atoms with Crippen LogP contribution in [0.5, 0.6) is 0 Å². The molecule has 2 aromatic rings. The van der Waals surface area contributed by atoms with Crippen molar-refractivity contribution in [1.29, 1.82) is 0 Å². The molecule has 1 aliphatic rings. The van der Waals surface area contributed by atoms with E-state index in [1.165, 1.54) is 12.1 Å². The summed E-state index contributed by atoms with van der Waals surface area (Å²) in [4.78, 5) is 13.7. The molecule has 1 atom stereocenters. The smallest absolute Gasteiger partial charge is 0.334 e. The molecule has 1 N–H and O–H groups in total. The largest absolute Gasteiger partial charge is 0.478 e. The predicted octanol–water partition coefficient (Wildman–Crippen LogP) is 4.30. The molecule has 3 rings (SSSR count). The third-order valence-corrected chi connectivity index (χ3v) is 4.25. The highest BCUT2D eigenvalue weighted by Gasteiger charge is 2.27. The Balaban J connectivity index is 1.92. The van der Waals surface area contributed by atoms with Crippen molar-refractivity contribution < 1.29 is 14.3 Å². The number of hydrogen-bond acceptors (Lipinski definition) is 2. The van der Waals surface area contributed by atoms with Gasteiger partial charge in [-0.2, -0.15) is 0 Å². The summed E-state index contributed by atoms with van der Waals surface area (Å²) >= 11 is 0. The van der Waals surface area contributed by atoms with Gasteiger partial charge in [0, 0.05) is 24.4 Å². The van der Waals surface area contributed by atoms with Crippen LogP contribution in [0.25, 0.3) is 0 Å². The number of carboxylic acids is 1. The van der Waals surface area contributed by atoms with Gasteiger partial charge >= 0.3 is 5.97 Å². The van der Waals surface area contributed by atoms with Crippen molar-refractivity contribution in [2.45, 2.75) is 19.4 Å². The van der Waals surface area contributed by atoms with Crippen molar-refractivity contribution in [3.8, 4) is 0 Å². The van der Waals surface area contributed by atoms with Crippen LogP contribution in [0.1, 0.15) is 24.0 Å². The zero-order valence-electron chi connectivity index (χ0n) is 13.3. The van der Waals surface area contributed by atoms with Gasteiger partial charge in [-0.05, 0) is 30.2 Å². The van der Waals surface area contributed by atoms with Gasteiger partial charge in [0.1, 0.15) is 5.82 Å². The van der Waals surface area contributed by atoms with Crippen LogP contribution in [0.2, 0.25) is 0 Å². The van der Waals surface area contributed by atoms with E-state index in [-0.39, 0.29) is 11.7 Å². The van der Waals surface area contributed by atoms with Gasteiger partial charge in [0.2, 0.25) is 0 Å². The number of nitrogens with zero attached hydrogens (tertiary/aromatic N) is 1. The van der Waals surface area contributed by atoms with Crippen LogP contribution in [0.3, 0.4) is 0 Å². The van der Waals surface area contributed by atoms with Crippen LogP contribution in [0.4, 0.5) is 4.39 Å². The number of carbonyl (C=O) groups is 1. The van der Waals surface area contributed by atoms with E-state index < -0.39 is 5.97 Å². The van der Waals surface area contributed by atoms with E-state index in [4.69, 9.17) is 0 Å². The Morgan fingerprint density at radius 3 is 2.42 bits per heavy atom. The Bertz CT molecular complexity index is 794. The van der Waals surface area contributed by atoms with Gasteiger partial charge in [0.05, 0.1) is 5.57 Å². The van der Waals surface area contributed by atoms with Crippen molar-refractivity contribution in [1.82, 2.24) is 4.90 Å². The minimum absolute atomic E-state index is 0.270. The lowest BCUT2D eigenvalue weighted by Crippen LogP contribution is -2.25. The molecule has 0 radical (unpaired) electrons. The van der Waals surface area contributed by atoms with Gasteiger partial charge in [0.25, 0.3) is 0 Å². The molecule has 0 saturated carbocycles. The minimum Gasteiger partial charge on any atom is -0.478 e. The van der Waals surface area contributed by atoms with Crippen molar-refractivity contribution in [2.24, 2.45) is 0 Å².